The Morgan fingerprint density at radius 3 is 1.47 bits per heavy atom. The van der Waals surface area contributed by atoms with Gasteiger partial charge in [0.1, 0.15) is 37.1 Å². The second-order valence-electron chi connectivity index (χ2n) is 15.2. The monoisotopic (exact) mass is 675 g/mol. The molecule has 1 aliphatic heterocycles. The van der Waals surface area contributed by atoms with E-state index >= 15 is 0 Å². The van der Waals surface area contributed by atoms with Crippen molar-refractivity contribution in [2.45, 2.75) is 205 Å². The summed E-state index contributed by atoms with van der Waals surface area (Å²) in [6.07, 6.45) is 24.8. The van der Waals surface area contributed by atoms with Crippen LogP contribution in [0.4, 0.5) is 0 Å². The second kappa shape index (κ2) is 29.4. The van der Waals surface area contributed by atoms with Gasteiger partial charge in [-0.1, -0.05) is 149 Å². The van der Waals surface area contributed by atoms with Crippen molar-refractivity contribution < 1.29 is 39.1 Å². The third-order valence-electron chi connectivity index (χ3n) is 9.86. The number of unbranched alkanes of at least 4 members (excludes halogenated alkanes) is 22. The molecular weight excluding hydrogens is 594 g/mol. The normalized spacial score (nSPS) is 22.6. The van der Waals surface area contributed by atoms with E-state index in [4.69, 9.17) is 14.2 Å². The van der Waals surface area contributed by atoms with Gasteiger partial charge >= 0.3 is 0 Å². The molecule has 282 valence electrons. The number of aliphatic hydroxyl groups is 4. The van der Waals surface area contributed by atoms with Crippen LogP contribution < -0.4 is 0 Å². The van der Waals surface area contributed by atoms with Crippen molar-refractivity contribution >= 4 is 0 Å². The van der Waals surface area contributed by atoms with Crippen LogP contribution >= 0.6 is 0 Å². The summed E-state index contributed by atoms with van der Waals surface area (Å²) in [4.78, 5) is 0. The average molecular weight is 675 g/mol. The van der Waals surface area contributed by atoms with E-state index in [-0.39, 0.29) is 13.2 Å². The van der Waals surface area contributed by atoms with Gasteiger partial charge in [0.15, 0.2) is 6.29 Å². The lowest BCUT2D eigenvalue weighted by molar-refractivity contribution is -0.893. The molecule has 6 atom stereocenters. The van der Waals surface area contributed by atoms with Crippen molar-refractivity contribution in [3.8, 4) is 0 Å². The van der Waals surface area contributed by atoms with Gasteiger partial charge in [0, 0.05) is 6.61 Å². The fraction of sp³-hybridized carbons (Fsp3) is 1.00. The van der Waals surface area contributed by atoms with Crippen LogP contribution in [0.3, 0.4) is 0 Å². The first kappa shape index (κ1) is 44.7. The molecule has 0 aromatic carbocycles. The Labute approximate surface area is 290 Å². The minimum atomic E-state index is -1.37. The quantitative estimate of drug-likeness (QED) is 0.0418. The Kier molecular flexibility index (Phi) is 28.0. The molecule has 1 unspecified atom stereocenters. The molecule has 0 aromatic rings. The number of ether oxygens (including phenoxy) is 3. The zero-order valence-corrected chi connectivity index (χ0v) is 31.4. The molecule has 1 rings (SSSR count). The molecule has 8 heteroatoms. The molecule has 0 aliphatic carbocycles. The van der Waals surface area contributed by atoms with E-state index in [2.05, 4.69) is 27.9 Å². The lowest BCUT2D eigenvalue weighted by atomic mass is 9.99. The van der Waals surface area contributed by atoms with Crippen molar-refractivity contribution in [2.24, 2.45) is 0 Å². The first-order chi connectivity index (χ1) is 22.7. The van der Waals surface area contributed by atoms with E-state index in [0.717, 1.165) is 36.7 Å². The number of likely N-dealkylation sites (N-methyl/N-ethyl adjacent to an activating group) is 1. The van der Waals surface area contributed by atoms with Crippen LogP contribution in [0.2, 0.25) is 0 Å². The van der Waals surface area contributed by atoms with Gasteiger partial charge in [0.25, 0.3) is 0 Å². The van der Waals surface area contributed by atoms with Crippen LogP contribution in [0.5, 0.6) is 0 Å². The topological polar surface area (TPSA) is 109 Å². The highest BCUT2D eigenvalue weighted by Crippen LogP contribution is 2.23. The van der Waals surface area contributed by atoms with Crippen molar-refractivity contribution in [3.05, 3.63) is 0 Å². The largest absolute Gasteiger partial charge is 0.387 e. The number of rotatable bonds is 33. The Morgan fingerprint density at radius 2 is 1.00 bits per heavy atom. The van der Waals surface area contributed by atoms with E-state index < -0.39 is 36.8 Å². The third kappa shape index (κ3) is 23.7. The Bertz CT molecular complexity index is 682. The molecular formula is C39H80NO7+. The van der Waals surface area contributed by atoms with E-state index in [0.29, 0.717) is 13.2 Å². The lowest BCUT2D eigenvalue weighted by Crippen LogP contribution is -2.59. The van der Waals surface area contributed by atoms with E-state index in [9.17, 15) is 20.4 Å². The van der Waals surface area contributed by atoms with Crippen molar-refractivity contribution in [3.63, 3.8) is 0 Å². The number of aliphatic hydroxyl groups excluding tert-OH is 4. The lowest BCUT2D eigenvalue weighted by Gasteiger charge is -2.40. The van der Waals surface area contributed by atoms with Gasteiger partial charge in [-0.25, -0.2) is 0 Å². The zero-order valence-electron chi connectivity index (χ0n) is 31.4. The summed E-state index contributed by atoms with van der Waals surface area (Å²) < 4.78 is 18.0. The van der Waals surface area contributed by atoms with E-state index in [1.54, 1.807) is 0 Å². The van der Waals surface area contributed by atoms with Gasteiger partial charge in [-0.15, -0.1) is 0 Å². The average Bonchev–Trinajstić information content (AvgIpc) is 3.04. The molecule has 1 aliphatic rings. The predicted molar refractivity (Wildman–Crippen MR) is 193 cm³/mol. The standard InChI is InChI=1S/C39H80NO7/c1-5-7-9-11-13-15-16-17-18-19-20-21-22-23-25-27-29-40(3,4)31-34(41)32-45-33-35-36(42)37(43)38(44)39(47-35)46-30-28-26-24-14-12-10-8-6-2/h34-39,41-44H,5-33H2,1-4H3/q+1/t34?,35-,36-,37+,38-,39+/m1/s1. The molecule has 4 N–H and O–H groups in total. The Balaban J connectivity index is 2.10. The summed E-state index contributed by atoms with van der Waals surface area (Å²) in [5.74, 6) is 0. The van der Waals surface area contributed by atoms with Crippen LogP contribution in [0.25, 0.3) is 0 Å². The minimum absolute atomic E-state index is 0.00613. The molecule has 8 nitrogen and oxygen atoms in total. The molecule has 47 heavy (non-hydrogen) atoms. The van der Waals surface area contributed by atoms with Crippen molar-refractivity contribution in [2.75, 3.05) is 47.0 Å². The molecule has 1 saturated heterocycles. The summed E-state index contributed by atoms with van der Waals surface area (Å²) in [7, 11) is 4.29. The molecule has 0 aromatic heterocycles. The molecule has 0 radical (unpaired) electrons. The van der Waals surface area contributed by atoms with Gasteiger partial charge in [-0.3, -0.25) is 0 Å². The van der Waals surface area contributed by atoms with Crippen LogP contribution in [-0.2, 0) is 14.2 Å². The zero-order chi connectivity index (χ0) is 34.6. The molecule has 1 fully saturated rings. The van der Waals surface area contributed by atoms with Gasteiger partial charge in [0.05, 0.1) is 33.9 Å². The number of hydrogen-bond acceptors (Lipinski definition) is 7. The smallest absolute Gasteiger partial charge is 0.186 e. The van der Waals surface area contributed by atoms with Crippen LogP contribution in [0.1, 0.15) is 168 Å². The van der Waals surface area contributed by atoms with Crippen molar-refractivity contribution in [1.82, 2.24) is 0 Å². The summed E-state index contributed by atoms with van der Waals surface area (Å²) in [6.45, 7) is 6.65. The number of nitrogens with zero attached hydrogens (tertiary/aromatic N) is 1. The minimum Gasteiger partial charge on any atom is -0.387 e. The van der Waals surface area contributed by atoms with Gasteiger partial charge in [-0.2, -0.15) is 0 Å². The van der Waals surface area contributed by atoms with Gasteiger partial charge in [0.2, 0.25) is 0 Å². The molecule has 0 spiro atoms. The third-order valence-corrected chi connectivity index (χ3v) is 9.86. The van der Waals surface area contributed by atoms with Gasteiger partial charge < -0.3 is 39.1 Å². The maximum Gasteiger partial charge on any atom is 0.186 e. The van der Waals surface area contributed by atoms with Crippen LogP contribution in [-0.4, -0.2) is 109 Å². The predicted octanol–water partition coefficient (Wildman–Crippen LogP) is 7.67. The molecule has 1 heterocycles. The van der Waals surface area contributed by atoms with Crippen LogP contribution in [0.15, 0.2) is 0 Å². The van der Waals surface area contributed by atoms with E-state index in [1.807, 2.05) is 0 Å². The first-order valence-electron chi connectivity index (χ1n) is 20.1. The summed E-state index contributed by atoms with van der Waals surface area (Å²) in [6, 6.07) is 0. The molecule has 0 bridgehead atoms. The maximum absolute atomic E-state index is 10.7. The molecule has 0 saturated carbocycles. The molecule has 0 amide bonds. The summed E-state index contributed by atoms with van der Waals surface area (Å²) in [5, 5.41) is 41.8. The highest BCUT2D eigenvalue weighted by molar-refractivity contribution is 4.89. The summed E-state index contributed by atoms with van der Waals surface area (Å²) >= 11 is 0. The number of hydrogen-bond donors (Lipinski definition) is 4. The summed E-state index contributed by atoms with van der Waals surface area (Å²) in [5.41, 5.74) is 0. The maximum atomic E-state index is 10.7. The fourth-order valence-corrected chi connectivity index (χ4v) is 6.75. The van der Waals surface area contributed by atoms with Crippen LogP contribution in [0, 0.1) is 0 Å². The SMILES string of the molecule is CCCCCCCCCCCCCCCCCC[N+](C)(C)CC(O)COC[C@H]1O[C@H](OCCCCCCCCCC)[C@H](O)[C@@H](O)[C@@H]1O. The highest BCUT2D eigenvalue weighted by Gasteiger charge is 2.44. The highest BCUT2D eigenvalue weighted by atomic mass is 16.7. The first-order valence-corrected chi connectivity index (χ1v) is 20.1. The Hall–Kier alpha value is -0.320. The second-order valence-corrected chi connectivity index (χ2v) is 15.2. The number of quaternary nitrogens is 1. The Morgan fingerprint density at radius 1 is 0.574 bits per heavy atom. The van der Waals surface area contributed by atoms with E-state index in [1.165, 1.54) is 128 Å². The van der Waals surface area contributed by atoms with Gasteiger partial charge in [-0.05, 0) is 19.3 Å². The fourth-order valence-electron chi connectivity index (χ4n) is 6.75. The van der Waals surface area contributed by atoms with Crippen molar-refractivity contribution in [1.29, 1.82) is 0 Å².